The number of nitrogens with one attached hydrogen (secondary N) is 1. The number of carbonyl (C=O) groups is 1. The molecule has 2 aromatic rings. The van der Waals surface area contributed by atoms with Gasteiger partial charge >= 0.3 is 5.97 Å². The van der Waals surface area contributed by atoms with Gasteiger partial charge in [0.15, 0.2) is 5.13 Å². The summed E-state index contributed by atoms with van der Waals surface area (Å²) in [5, 5.41) is 4.16. The molecule has 0 amide bonds. The normalized spacial score (nSPS) is 12.3. The number of benzene rings is 1. The van der Waals surface area contributed by atoms with E-state index in [1.165, 1.54) is 0 Å². The number of ether oxygens (including phenoxy) is 1. The zero-order chi connectivity index (χ0) is 14.5. The van der Waals surface area contributed by atoms with Crippen molar-refractivity contribution < 1.29 is 9.53 Å². The second-order valence-electron chi connectivity index (χ2n) is 4.75. The summed E-state index contributed by atoms with van der Waals surface area (Å²) in [4.78, 5) is 16.5. The van der Waals surface area contributed by atoms with Gasteiger partial charge in [0.1, 0.15) is 0 Å². The summed E-state index contributed by atoms with van der Waals surface area (Å²) in [5.74, 6) is -0.266. The highest BCUT2D eigenvalue weighted by Gasteiger charge is 2.12. The molecule has 108 valence electrons. The van der Waals surface area contributed by atoms with Crippen LogP contribution in [0.2, 0.25) is 0 Å². The topological polar surface area (TPSA) is 51.2 Å². The Balaban J connectivity index is 2.18. The average molecular weight is 292 g/mol. The fourth-order valence-corrected chi connectivity index (χ4v) is 2.62. The molecule has 0 saturated heterocycles. The fourth-order valence-electron chi connectivity index (χ4n) is 1.69. The SMILES string of the molecule is CCCNc1nc2ccc(C(=O)OC(C)CC)cc2s1. The number of fused-ring (bicyclic) bond motifs is 1. The standard InChI is InChI=1S/C15H20N2O2S/c1-4-8-16-15-17-12-7-6-11(9-13(12)20-15)14(18)19-10(3)5-2/h6-7,9-10H,4-5,8H2,1-3H3,(H,16,17). The number of esters is 1. The lowest BCUT2D eigenvalue weighted by atomic mass is 10.2. The van der Waals surface area contributed by atoms with Crippen molar-refractivity contribution in [1.82, 2.24) is 4.98 Å². The maximum Gasteiger partial charge on any atom is 0.338 e. The van der Waals surface area contributed by atoms with Crippen LogP contribution in [0, 0.1) is 0 Å². The van der Waals surface area contributed by atoms with Crippen molar-refractivity contribution in [2.45, 2.75) is 39.7 Å². The zero-order valence-corrected chi connectivity index (χ0v) is 12.9. The Morgan fingerprint density at radius 2 is 2.25 bits per heavy atom. The van der Waals surface area contributed by atoms with E-state index in [9.17, 15) is 4.79 Å². The summed E-state index contributed by atoms with van der Waals surface area (Å²) >= 11 is 1.56. The Kier molecular flexibility index (Phi) is 4.95. The third kappa shape index (κ3) is 3.48. The summed E-state index contributed by atoms with van der Waals surface area (Å²) in [6.45, 7) is 6.91. The molecule has 1 atom stereocenters. The van der Waals surface area contributed by atoms with Gasteiger partial charge in [-0.05, 0) is 38.0 Å². The highest BCUT2D eigenvalue weighted by Crippen LogP contribution is 2.27. The molecule has 0 aliphatic rings. The molecule has 0 aliphatic carbocycles. The third-order valence-corrected chi connectivity index (χ3v) is 4.01. The molecule has 0 aliphatic heterocycles. The van der Waals surface area contributed by atoms with E-state index in [-0.39, 0.29) is 12.1 Å². The summed E-state index contributed by atoms with van der Waals surface area (Å²) in [6.07, 6.45) is 1.82. The number of hydrogen-bond acceptors (Lipinski definition) is 5. The first-order valence-electron chi connectivity index (χ1n) is 6.99. The van der Waals surface area contributed by atoms with Gasteiger partial charge in [-0.15, -0.1) is 0 Å². The minimum atomic E-state index is -0.266. The van der Waals surface area contributed by atoms with Gasteiger partial charge in [-0.3, -0.25) is 0 Å². The molecule has 0 fully saturated rings. The Hall–Kier alpha value is -1.62. The van der Waals surface area contributed by atoms with Crippen LogP contribution in [0.15, 0.2) is 18.2 Å². The van der Waals surface area contributed by atoms with E-state index in [1.54, 1.807) is 17.4 Å². The van der Waals surface area contributed by atoms with Gasteiger partial charge in [0.2, 0.25) is 0 Å². The summed E-state index contributed by atoms with van der Waals surface area (Å²) in [6, 6.07) is 5.50. The Labute approximate surface area is 123 Å². The molecule has 0 radical (unpaired) electrons. The van der Waals surface area contributed by atoms with Gasteiger partial charge in [0, 0.05) is 6.54 Å². The van der Waals surface area contributed by atoms with Gasteiger partial charge in [0.25, 0.3) is 0 Å². The first kappa shape index (κ1) is 14.8. The Morgan fingerprint density at radius 3 is 2.95 bits per heavy atom. The molecule has 2 rings (SSSR count). The molecule has 1 unspecified atom stereocenters. The van der Waals surface area contributed by atoms with Crippen molar-refractivity contribution >= 4 is 32.7 Å². The monoisotopic (exact) mass is 292 g/mol. The minimum absolute atomic E-state index is 0.0542. The van der Waals surface area contributed by atoms with Crippen LogP contribution in [0.5, 0.6) is 0 Å². The molecule has 5 heteroatoms. The maximum absolute atomic E-state index is 12.0. The third-order valence-electron chi connectivity index (χ3n) is 3.03. The Morgan fingerprint density at radius 1 is 1.45 bits per heavy atom. The van der Waals surface area contributed by atoms with E-state index in [0.717, 1.165) is 34.7 Å². The van der Waals surface area contributed by atoms with Crippen molar-refractivity contribution in [2.24, 2.45) is 0 Å². The number of anilines is 1. The fraction of sp³-hybridized carbons (Fsp3) is 0.467. The highest BCUT2D eigenvalue weighted by molar-refractivity contribution is 7.22. The van der Waals surface area contributed by atoms with Crippen LogP contribution in [0.25, 0.3) is 10.2 Å². The van der Waals surface area contributed by atoms with Gasteiger partial charge in [-0.25, -0.2) is 9.78 Å². The zero-order valence-electron chi connectivity index (χ0n) is 12.1. The van der Waals surface area contributed by atoms with Crippen molar-refractivity contribution in [1.29, 1.82) is 0 Å². The van der Waals surface area contributed by atoms with E-state index in [0.29, 0.717) is 5.56 Å². The highest BCUT2D eigenvalue weighted by atomic mass is 32.1. The number of aromatic nitrogens is 1. The van der Waals surface area contributed by atoms with Gasteiger partial charge < -0.3 is 10.1 Å². The average Bonchev–Trinajstić information content (AvgIpc) is 2.86. The van der Waals surface area contributed by atoms with Crippen LogP contribution in [0.3, 0.4) is 0 Å². The molecular formula is C15H20N2O2S. The first-order chi connectivity index (χ1) is 9.63. The summed E-state index contributed by atoms with van der Waals surface area (Å²) < 4.78 is 6.34. The van der Waals surface area contributed by atoms with E-state index >= 15 is 0 Å². The summed E-state index contributed by atoms with van der Waals surface area (Å²) in [7, 11) is 0. The molecule has 0 saturated carbocycles. The predicted octanol–water partition coefficient (Wildman–Crippen LogP) is 4.07. The number of carbonyl (C=O) groups excluding carboxylic acids is 1. The van der Waals surface area contributed by atoms with Crippen LogP contribution in [-0.2, 0) is 4.74 Å². The predicted molar refractivity (Wildman–Crippen MR) is 83.6 cm³/mol. The number of thiazole rings is 1. The molecular weight excluding hydrogens is 272 g/mol. The second kappa shape index (κ2) is 6.70. The molecule has 0 bridgehead atoms. The van der Waals surface area contributed by atoms with Crippen LogP contribution < -0.4 is 5.32 Å². The van der Waals surface area contributed by atoms with Crippen LogP contribution in [0.1, 0.15) is 44.0 Å². The van der Waals surface area contributed by atoms with E-state index < -0.39 is 0 Å². The molecule has 4 nitrogen and oxygen atoms in total. The lowest BCUT2D eigenvalue weighted by Crippen LogP contribution is -2.13. The van der Waals surface area contributed by atoms with Crippen LogP contribution in [-0.4, -0.2) is 23.6 Å². The summed E-state index contributed by atoms with van der Waals surface area (Å²) in [5.41, 5.74) is 1.50. The van der Waals surface area contributed by atoms with Crippen molar-refractivity contribution in [2.75, 3.05) is 11.9 Å². The van der Waals surface area contributed by atoms with Crippen LogP contribution in [0.4, 0.5) is 5.13 Å². The minimum Gasteiger partial charge on any atom is -0.459 e. The van der Waals surface area contributed by atoms with E-state index in [1.807, 2.05) is 26.0 Å². The molecule has 1 N–H and O–H groups in total. The second-order valence-corrected chi connectivity index (χ2v) is 5.78. The number of hydrogen-bond donors (Lipinski definition) is 1. The smallest absolute Gasteiger partial charge is 0.338 e. The van der Waals surface area contributed by atoms with Crippen molar-refractivity contribution in [3.05, 3.63) is 23.8 Å². The molecule has 20 heavy (non-hydrogen) atoms. The quantitative estimate of drug-likeness (QED) is 0.815. The molecule has 1 heterocycles. The lowest BCUT2D eigenvalue weighted by Gasteiger charge is -2.10. The van der Waals surface area contributed by atoms with Crippen molar-refractivity contribution in [3.63, 3.8) is 0 Å². The van der Waals surface area contributed by atoms with E-state index in [2.05, 4.69) is 17.2 Å². The lowest BCUT2D eigenvalue weighted by molar-refractivity contribution is 0.0335. The Bertz CT molecular complexity index is 595. The van der Waals surface area contributed by atoms with E-state index in [4.69, 9.17) is 4.74 Å². The van der Waals surface area contributed by atoms with Gasteiger partial charge in [-0.2, -0.15) is 0 Å². The van der Waals surface area contributed by atoms with Gasteiger partial charge in [0.05, 0.1) is 21.9 Å². The first-order valence-corrected chi connectivity index (χ1v) is 7.81. The molecule has 1 aromatic carbocycles. The van der Waals surface area contributed by atoms with Crippen molar-refractivity contribution in [3.8, 4) is 0 Å². The number of nitrogens with zero attached hydrogens (tertiary/aromatic N) is 1. The molecule has 1 aromatic heterocycles. The van der Waals surface area contributed by atoms with Crippen LogP contribution >= 0.6 is 11.3 Å². The maximum atomic E-state index is 12.0. The number of rotatable bonds is 6. The largest absolute Gasteiger partial charge is 0.459 e. The van der Waals surface area contributed by atoms with Gasteiger partial charge in [-0.1, -0.05) is 25.2 Å². The molecule has 0 spiro atoms.